The molecule has 0 aliphatic rings. The first-order valence-electron chi connectivity index (χ1n) is 5.03. The first kappa shape index (κ1) is 14.3. The lowest BCUT2D eigenvalue weighted by molar-refractivity contribution is -0.481. The van der Waals surface area contributed by atoms with Crippen molar-refractivity contribution in [1.29, 1.82) is 0 Å². The standard InChI is InChI=1S/C10H20O5/c1-7(2)6-10(5,14-12)15-13-9(11)8(3)4/h7-8,12H,6H2,1-5H3. The molecule has 0 aromatic carbocycles. The van der Waals surface area contributed by atoms with Gasteiger partial charge in [-0.2, -0.15) is 4.89 Å². The zero-order valence-electron chi connectivity index (χ0n) is 9.94. The van der Waals surface area contributed by atoms with E-state index >= 15 is 0 Å². The Kier molecular flexibility index (Phi) is 5.79. The summed E-state index contributed by atoms with van der Waals surface area (Å²) in [5.41, 5.74) is 0. The summed E-state index contributed by atoms with van der Waals surface area (Å²) in [5.74, 6) is -1.85. The summed E-state index contributed by atoms with van der Waals surface area (Å²) in [6, 6.07) is 0. The van der Waals surface area contributed by atoms with Crippen LogP contribution in [0.1, 0.15) is 41.0 Å². The van der Waals surface area contributed by atoms with E-state index in [1.54, 1.807) is 13.8 Å². The summed E-state index contributed by atoms with van der Waals surface area (Å²) in [7, 11) is 0. The minimum absolute atomic E-state index is 0.236. The molecule has 0 rings (SSSR count). The molecule has 0 radical (unpaired) electrons. The molecule has 1 atom stereocenters. The third kappa shape index (κ3) is 5.71. The molecule has 0 bridgehead atoms. The molecule has 0 spiro atoms. The topological polar surface area (TPSA) is 65.0 Å². The average Bonchev–Trinajstić information content (AvgIpc) is 2.13. The summed E-state index contributed by atoms with van der Waals surface area (Å²) >= 11 is 0. The van der Waals surface area contributed by atoms with Crippen LogP contribution < -0.4 is 0 Å². The normalized spacial score (nSPS) is 15.5. The van der Waals surface area contributed by atoms with Crippen LogP contribution in [0.2, 0.25) is 0 Å². The predicted molar refractivity (Wildman–Crippen MR) is 53.6 cm³/mol. The molecule has 5 heteroatoms. The van der Waals surface area contributed by atoms with Crippen molar-refractivity contribution < 1.29 is 24.7 Å². The minimum atomic E-state index is -1.31. The van der Waals surface area contributed by atoms with Crippen molar-refractivity contribution in [3.8, 4) is 0 Å². The van der Waals surface area contributed by atoms with E-state index in [0.717, 1.165) is 0 Å². The molecule has 0 aliphatic heterocycles. The Labute approximate surface area is 90.2 Å². The highest BCUT2D eigenvalue weighted by Gasteiger charge is 2.31. The Bertz CT molecular complexity index is 202. The largest absolute Gasteiger partial charge is 0.345 e. The van der Waals surface area contributed by atoms with E-state index in [1.807, 2.05) is 13.8 Å². The number of hydrogen-bond acceptors (Lipinski definition) is 5. The van der Waals surface area contributed by atoms with Crippen LogP contribution in [0.3, 0.4) is 0 Å². The second-order valence-corrected chi connectivity index (χ2v) is 4.46. The lowest BCUT2D eigenvalue weighted by Gasteiger charge is -2.25. The second kappa shape index (κ2) is 6.05. The highest BCUT2D eigenvalue weighted by Crippen LogP contribution is 2.22. The first-order valence-corrected chi connectivity index (χ1v) is 5.03. The van der Waals surface area contributed by atoms with E-state index in [9.17, 15) is 4.79 Å². The SMILES string of the molecule is CC(C)CC(C)(OO)OOC(=O)C(C)C. The molecular formula is C10H20O5. The molecule has 5 nitrogen and oxygen atoms in total. The van der Waals surface area contributed by atoms with Gasteiger partial charge in [-0.1, -0.05) is 27.7 Å². The summed E-state index contributed by atoms with van der Waals surface area (Å²) in [4.78, 5) is 24.6. The molecule has 0 fully saturated rings. The number of rotatable bonds is 6. The third-order valence-electron chi connectivity index (χ3n) is 1.74. The van der Waals surface area contributed by atoms with Crippen LogP contribution in [0.25, 0.3) is 0 Å². The second-order valence-electron chi connectivity index (χ2n) is 4.46. The van der Waals surface area contributed by atoms with Gasteiger partial charge >= 0.3 is 5.97 Å². The van der Waals surface area contributed by atoms with Crippen molar-refractivity contribution in [2.75, 3.05) is 0 Å². The fraction of sp³-hybridized carbons (Fsp3) is 0.900. The lowest BCUT2D eigenvalue weighted by atomic mass is 10.0. The maximum absolute atomic E-state index is 11.1. The van der Waals surface area contributed by atoms with Gasteiger partial charge in [0.2, 0.25) is 5.79 Å². The van der Waals surface area contributed by atoms with Gasteiger partial charge in [0.1, 0.15) is 0 Å². The van der Waals surface area contributed by atoms with E-state index in [2.05, 4.69) is 9.78 Å². The molecule has 90 valence electrons. The van der Waals surface area contributed by atoms with E-state index in [-0.39, 0.29) is 11.8 Å². The Morgan fingerprint density at radius 2 is 1.87 bits per heavy atom. The summed E-state index contributed by atoms with van der Waals surface area (Å²) < 4.78 is 0. The number of carbonyl (C=O) groups is 1. The summed E-state index contributed by atoms with van der Waals surface area (Å²) in [6.45, 7) is 8.74. The van der Waals surface area contributed by atoms with Crippen LogP contribution in [0.4, 0.5) is 0 Å². The van der Waals surface area contributed by atoms with Gasteiger partial charge in [-0.15, -0.1) is 4.89 Å². The predicted octanol–water partition coefficient (Wildman–Crippen LogP) is 2.37. The van der Waals surface area contributed by atoms with Crippen molar-refractivity contribution in [2.24, 2.45) is 11.8 Å². The van der Waals surface area contributed by atoms with Gasteiger partial charge in [-0.25, -0.2) is 10.1 Å². The fourth-order valence-electron chi connectivity index (χ4n) is 1.05. The van der Waals surface area contributed by atoms with Crippen LogP contribution in [0.15, 0.2) is 0 Å². The zero-order valence-corrected chi connectivity index (χ0v) is 9.94. The summed E-state index contributed by atoms with van der Waals surface area (Å²) in [5, 5.41) is 8.67. The highest BCUT2D eigenvalue weighted by atomic mass is 17.3. The van der Waals surface area contributed by atoms with Gasteiger partial charge in [0.25, 0.3) is 0 Å². The molecule has 0 amide bonds. The van der Waals surface area contributed by atoms with E-state index in [0.29, 0.717) is 6.42 Å². The lowest BCUT2D eigenvalue weighted by Crippen LogP contribution is -2.34. The Morgan fingerprint density at radius 1 is 1.33 bits per heavy atom. The Morgan fingerprint density at radius 3 is 2.20 bits per heavy atom. The number of hydrogen-bond donors (Lipinski definition) is 1. The smallest absolute Gasteiger partial charge is 0.295 e. The maximum atomic E-state index is 11.1. The van der Waals surface area contributed by atoms with Gasteiger partial charge in [-0.3, -0.25) is 4.89 Å². The van der Waals surface area contributed by atoms with Gasteiger partial charge in [0, 0.05) is 6.42 Å². The first-order chi connectivity index (χ1) is 6.80. The average molecular weight is 220 g/mol. The van der Waals surface area contributed by atoms with Gasteiger partial charge < -0.3 is 0 Å². The van der Waals surface area contributed by atoms with Crippen LogP contribution >= 0.6 is 0 Å². The fourth-order valence-corrected chi connectivity index (χ4v) is 1.05. The van der Waals surface area contributed by atoms with E-state index in [1.165, 1.54) is 6.92 Å². The van der Waals surface area contributed by atoms with Crippen LogP contribution in [-0.2, 0) is 19.5 Å². The molecule has 1 N–H and O–H groups in total. The van der Waals surface area contributed by atoms with Crippen molar-refractivity contribution in [1.82, 2.24) is 0 Å². The van der Waals surface area contributed by atoms with E-state index < -0.39 is 11.8 Å². The van der Waals surface area contributed by atoms with Gasteiger partial charge in [0.05, 0.1) is 5.92 Å². The molecular weight excluding hydrogens is 200 g/mol. The monoisotopic (exact) mass is 220 g/mol. The van der Waals surface area contributed by atoms with Crippen molar-refractivity contribution >= 4 is 5.97 Å². The molecule has 0 aliphatic carbocycles. The quantitative estimate of drug-likeness (QED) is 0.423. The van der Waals surface area contributed by atoms with Crippen LogP contribution in [0.5, 0.6) is 0 Å². The Balaban J connectivity index is 4.14. The molecule has 0 aromatic heterocycles. The Hall–Kier alpha value is -0.650. The van der Waals surface area contributed by atoms with Crippen LogP contribution in [-0.4, -0.2) is 17.0 Å². The molecule has 0 saturated heterocycles. The molecule has 1 unspecified atom stereocenters. The van der Waals surface area contributed by atoms with Crippen LogP contribution in [0, 0.1) is 11.8 Å². The molecule has 0 heterocycles. The highest BCUT2D eigenvalue weighted by molar-refractivity contribution is 5.70. The molecule has 15 heavy (non-hydrogen) atoms. The van der Waals surface area contributed by atoms with Crippen molar-refractivity contribution in [3.05, 3.63) is 0 Å². The van der Waals surface area contributed by atoms with E-state index in [4.69, 9.17) is 10.1 Å². The molecule has 0 aromatic rings. The summed E-state index contributed by atoms with van der Waals surface area (Å²) in [6.07, 6.45) is 0.412. The molecule has 0 saturated carbocycles. The van der Waals surface area contributed by atoms with Crippen molar-refractivity contribution in [3.63, 3.8) is 0 Å². The number of carbonyl (C=O) groups excluding carboxylic acids is 1. The van der Waals surface area contributed by atoms with Gasteiger partial charge in [-0.05, 0) is 12.8 Å². The maximum Gasteiger partial charge on any atom is 0.345 e. The zero-order chi connectivity index (χ0) is 12.1. The third-order valence-corrected chi connectivity index (χ3v) is 1.74. The van der Waals surface area contributed by atoms with Gasteiger partial charge in [0.15, 0.2) is 0 Å². The van der Waals surface area contributed by atoms with Crippen molar-refractivity contribution in [2.45, 2.75) is 46.8 Å². The minimum Gasteiger partial charge on any atom is -0.295 e.